The molecule has 1 rings (SSSR count). The van der Waals surface area contributed by atoms with Crippen LogP contribution in [0.2, 0.25) is 0 Å². The van der Waals surface area contributed by atoms with Crippen molar-refractivity contribution in [2.75, 3.05) is 18.1 Å². The molecule has 0 radical (unpaired) electrons. The van der Waals surface area contributed by atoms with Crippen LogP contribution in [0.25, 0.3) is 0 Å². The monoisotopic (exact) mass is 195 g/mol. The summed E-state index contributed by atoms with van der Waals surface area (Å²) in [6, 6.07) is 0. The van der Waals surface area contributed by atoms with Crippen LogP contribution in [-0.4, -0.2) is 32.6 Å². The van der Waals surface area contributed by atoms with Gasteiger partial charge in [0.2, 0.25) is 0 Å². The number of hydrogen-bond acceptors (Lipinski definition) is 3. The van der Waals surface area contributed by atoms with Crippen LogP contribution in [0, 0.1) is 5.41 Å². The molecule has 0 aromatic heterocycles. The number of nitrogens with two attached hydrogens (primary N) is 1. The van der Waals surface area contributed by atoms with Gasteiger partial charge in [-0.05, 0) is 6.42 Å². The number of halogens is 1. The maximum atomic E-state index is 13.2. The first-order valence-corrected chi connectivity index (χ1v) is 5.76. The Morgan fingerprint density at radius 1 is 1.67 bits per heavy atom. The van der Waals surface area contributed by atoms with E-state index in [1.807, 2.05) is 0 Å². The highest BCUT2D eigenvalue weighted by atomic mass is 32.2. The van der Waals surface area contributed by atoms with Crippen LogP contribution in [0.15, 0.2) is 0 Å². The number of sulfone groups is 1. The zero-order valence-electron chi connectivity index (χ0n) is 7.09. The second kappa shape index (κ2) is 2.96. The highest BCUT2D eigenvalue weighted by Gasteiger charge is 2.42. The molecule has 1 saturated heterocycles. The second-order valence-corrected chi connectivity index (χ2v) is 5.89. The third-order valence-electron chi connectivity index (χ3n) is 2.45. The Kier molecular flexibility index (Phi) is 2.45. The minimum atomic E-state index is -3.06. The van der Waals surface area contributed by atoms with E-state index in [0.29, 0.717) is 0 Å². The van der Waals surface area contributed by atoms with E-state index in [1.54, 1.807) is 6.92 Å². The average molecular weight is 195 g/mol. The minimum absolute atomic E-state index is 0.0379. The van der Waals surface area contributed by atoms with E-state index in [0.717, 1.165) is 0 Å². The highest BCUT2D eigenvalue weighted by molar-refractivity contribution is 7.91. The molecule has 2 N–H and O–H groups in total. The second-order valence-electron chi connectivity index (χ2n) is 3.71. The Labute approximate surface area is 72.1 Å². The van der Waals surface area contributed by atoms with E-state index in [9.17, 15) is 12.8 Å². The molecule has 0 aromatic rings. The minimum Gasteiger partial charge on any atom is -0.330 e. The molecule has 0 aromatic carbocycles. The van der Waals surface area contributed by atoms with Crippen LogP contribution >= 0.6 is 0 Å². The fourth-order valence-electron chi connectivity index (χ4n) is 1.48. The summed E-state index contributed by atoms with van der Waals surface area (Å²) in [6.45, 7) is 1.68. The van der Waals surface area contributed by atoms with Crippen LogP contribution < -0.4 is 5.73 Å². The summed E-state index contributed by atoms with van der Waals surface area (Å²) in [7, 11) is -3.06. The quantitative estimate of drug-likeness (QED) is 0.646. The van der Waals surface area contributed by atoms with Gasteiger partial charge in [0, 0.05) is 12.0 Å². The summed E-state index contributed by atoms with van der Waals surface area (Å²) in [5, 5.41) is 0. The zero-order chi connectivity index (χ0) is 9.41. The van der Waals surface area contributed by atoms with Crippen LogP contribution in [0.1, 0.15) is 13.3 Å². The van der Waals surface area contributed by atoms with E-state index >= 15 is 0 Å². The first-order chi connectivity index (χ1) is 5.40. The molecule has 0 amide bonds. The van der Waals surface area contributed by atoms with E-state index < -0.39 is 21.4 Å². The molecule has 2 atom stereocenters. The third kappa shape index (κ3) is 1.77. The molecular formula is C7H14FNO2S. The first-order valence-electron chi connectivity index (χ1n) is 3.94. The first kappa shape index (κ1) is 9.92. The fraction of sp³-hybridized carbons (Fsp3) is 1.00. The van der Waals surface area contributed by atoms with Crippen LogP contribution in [0.4, 0.5) is 4.39 Å². The molecule has 1 aliphatic rings. The van der Waals surface area contributed by atoms with Crippen molar-refractivity contribution < 1.29 is 12.8 Å². The van der Waals surface area contributed by atoms with Crippen molar-refractivity contribution in [3.8, 4) is 0 Å². The van der Waals surface area contributed by atoms with Crippen LogP contribution in [0.5, 0.6) is 0 Å². The SMILES string of the molecule is CC1(CN)CS(=O)(=O)CCC1F. The largest absolute Gasteiger partial charge is 0.330 e. The predicted octanol–water partition coefficient (Wildman–Crippen LogP) is 0.108. The van der Waals surface area contributed by atoms with Gasteiger partial charge in [0.15, 0.2) is 9.84 Å². The van der Waals surface area contributed by atoms with Gasteiger partial charge in [0.1, 0.15) is 6.17 Å². The molecule has 12 heavy (non-hydrogen) atoms. The molecular weight excluding hydrogens is 181 g/mol. The van der Waals surface area contributed by atoms with Gasteiger partial charge in [0.25, 0.3) is 0 Å². The molecule has 5 heteroatoms. The maximum absolute atomic E-state index is 13.2. The summed E-state index contributed by atoms with van der Waals surface area (Å²) >= 11 is 0. The summed E-state index contributed by atoms with van der Waals surface area (Å²) in [6.07, 6.45) is -0.984. The fourth-order valence-corrected chi connectivity index (χ4v) is 3.50. The Hall–Kier alpha value is -0.160. The van der Waals surface area contributed by atoms with Gasteiger partial charge in [0.05, 0.1) is 11.5 Å². The lowest BCUT2D eigenvalue weighted by Crippen LogP contribution is -2.47. The Morgan fingerprint density at radius 3 is 2.67 bits per heavy atom. The molecule has 1 heterocycles. The van der Waals surface area contributed by atoms with Gasteiger partial charge in [-0.1, -0.05) is 6.92 Å². The lowest BCUT2D eigenvalue weighted by molar-refractivity contribution is 0.142. The highest BCUT2D eigenvalue weighted by Crippen LogP contribution is 2.32. The molecule has 0 saturated carbocycles. The number of rotatable bonds is 1. The van der Waals surface area contributed by atoms with Gasteiger partial charge in [-0.15, -0.1) is 0 Å². The van der Waals surface area contributed by atoms with Crippen molar-refractivity contribution in [1.29, 1.82) is 0 Å². The van der Waals surface area contributed by atoms with E-state index in [2.05, 4.69) is 0 Å². The Morgan fingerprint density at radius 2 is 2.25 bits per heavy atom. The Bertz CT molecular complexity index is 265. The van der Waals surface area contributed by atoms with Gasteiger partial charge >= 0.3 is 0 Å². The van der Waals surface area contributed by atoms with E-state index in [-0.39, 0.29) is 24.5 Å². The molecule has 3 nitrogen and oxygen atoms in total. The lowest BCUT2D eigenvalue weighted by Gasteiger charge is -2.35. The molecule has 1 aliphatic heterocycles. The van der Waals surface area contributed by atoms with Gasteiger partial charge in [-0.2, -0.15) is 0 Å². The van der Waals surface area contributed by atoms with Crippen molar-refractivity contribution in [2.24, 2.45) is 11.1 Å². The molecule has 0 spiro atoms. The van der Waals surface area contributed by atoms with Crippen LogP contribution in [-0.2, 0) is 9.84 Å². The van der Waals surface area contributed by atoms with Crippen molar-refractivity contribution in [2.45, 2.75) is 19.5 Å². The van der Waals surface area contributed by atoms with Crippen molar-refractivity contribution in [3.63, 3.8) is 0 Å². The summed E-state index contributed by atoms with van der Waals surface area (Å²) in [5.74, 6) is -0.151. The average Bonchev–Trinajstić information content (AvgIpc) is 1.97. The normalized spacial score (nSPS) is 41.1. The molecule has 0 bridgehead atoms. The standard InChI is InChI=1S/C7H14FNO2S/c1-7(4-9)5-12(10,11)3-2-6(7)8/h6H,2-5,9H2,1H3. The Balaban J connectivity index is 2.86. The van der Waals surface area contributed by atoms with Gasteiger partial charge < -0.3 is 5.73 Å². The summed E-state index contributed by atoms with van der Waals surface area (Å²) in [4.78, 5) is 0. The van der Waals surface area contributed by atoms with E-state index in [1.165, 1.54) is 0 Å². The lowest BCUT2D eigenvalue weighted by atomic mass is 9.86. The molecule has 2 unspecified atom stereocenters. The predicted molar refractivity (Wildman–Crippen MR) is 45.3 cm³/mol. The molecule has 72 valence electrons. The molecule has 0 aliphatic carbocycles. The van der Waals surface area contributed by atoms with Gasteiger partial charge in [-0.25, -0.2) is 12.8 Å². The summed E-state index contributed by atoms with van der Waals surface area (Å²) in [5.41, 5.74) is 4.48. The summed E-state index contributed by atoms with van der Waals surface area (Å²) < 4.78 is 35.5. The topological polar surface area (TPSA) is 60.2 Å². The molecule has 1 fully saturated rings. The van der Waals surface area contributed by atoms with Crippen molar-refractivity contribution in [3.05, 3.63) is 0 Å². The van der Waals surface area contributed by atoms with Gasteiger partial charge in [-0.3, -0.25) is 0 Å². The van der Waals surface area contributed by atoms with Crippen LogP contribution in [0.3, 0.4) is 0 Å². The van der Waals surface area contributed by atoms with Crippen molar-refractivity contribution >= 4 is 9.84 Å². The third-order valence-corrected chi connectivity index (χ3v) is 4.41. The number of hydrogen-bond donors (Lipinski definition) is 1. The van der Waals surface area contributed by atoms with E-state index in [4.69, 9.17) is 5.73 Å². The number of alkyl halides is 1. The van der Waals surface area contributed by atoms with Crippen molar-refractivity contribution in [1.82, 2.24) is 0 Å². The zero-order valence-corrected chi connectivity index (χ0v) is 7.90. The maximum Gasteiger partial charge on any atom is 0.151 e. The smallest absolute Gasteiger partial charge is 0.151 e.